The van der Waals surface area contributed by atoms with Gasteiger partial charge in [0.25, 0.3) is 0 Å². The molecule has 104 valence electrons. The Kier molecular flexibility index (Phi) is 3.87. The number of amides is 2. The Labute approximate surface area is 112 Å². The first-order valence-corrected chi connectivity index (χ1v) is 6.52. The number of carbonyl (C=O) groups excluding carboxylic acids is 2. The lowest BCUT2D eigenvalue weighted by Gasteiger charge is -2.23. The fraction of sp³-hybridized carbons (Fsp3) is 0.615. The topological polar surface area (TPSA) is 76.0 Å². The summed E-state index contributed by atoms with van der Waals surface area (Å²) in [5, 5.41) is 10.0. The maximum absolute atomic E-state index is 12.0. The van der Waals surface area contributed by atoms with E-state index >= 15 is 0 Å². The molecule has 1 aliphatic heterocycles. The summed E-state index contributed by atoms with van der Waals surface area (Å²) in [7, 11) is 1.88. The number of aryl methyl sites for hydroxylation is 2. The first kappa shape index (κ1) is 13.6. The van der Waals surface area contributed by atoms with E-state index in [4.69, 9.17) is 0 Å². The van der Waals surface area contributed by atoms with Crippen LogP contribution >= 0.6 is 0 Å². The van der Waals surface area contributed by atoms with Gasteiger partial charge in [0.05, 0.1) is 12.1 Å². The Morgan fingerprint density at radius 1 is 1.53 bits per heavy atom. The zero-order chi connectivity index (χ0) is 14.0. The average molecular weight is 264 g/mol. The molecule has 1 fully saturated rings. The number of piperidine rings is 1. The second kappa shape index (κ2) is 5.42. The van der Waals surface area contributed by atoms with Crippen molar-refractivity contribution in [2.45, 2.75) is 39.2 Å². The normalized spacial score (nSPS) is 19.1. The molecule has 2 amide bonds. The van der Waals surface area contributed by atoms with Gasteiger partial charge in [0.1, 0.15) is 0 Å². The van der Waals surface area contributed by atoms with Crippen LogP contribution in [0.5, 0.6) is 0 Å². The summed E-state index contributed by atoms with van der Waals surface area (Å²) in [6, 6.07) is 0.0440. The van der Waals surface area contributed by atoms with Crippen molar-refractivity contribution in [1.82, 2.24) is 20.4 Å². The van der Waals surface area contributed by atoms with Crippen molar-refractivity contribution in [3.05, 3.63) is 17.0 Å². The zero-order valence-electron chi connectivity index (χ0n) is 11.6. The van der Waals surface area contributed by atoms with E-state index < -0.39 is 0 Å². The van der Waals surface area contributed by atoms with Gasteiger partial charge < -0.3 is 10.6 Å². The number of hydrogen-bond donors (Lipinski definition) is 2. The number of rotatable bonds is 3. The first-order chi connectivity index (χ1) is 8.97. The Morgan fingerprint density at radius 3 is 2.79 bits per heavy atom. The lowest BCUT2D eigenvalue weighted by Crippen LogP contribution is -2.48. The molecule has 6 nitrogen and oxygen atoms in total. The van der Waals surface area contributed by atoms with Crippen molar-refractivity contribution in [3.8, 4) is 0 Å². The minimum atomic E-state index is -0.0136. The molecule has 0 aliphatic carbocycles. The monoisotopic (exact) mass is 264 g/mol. The molecule has 0 saturated carbocycles. The third-order valence-electron chi connectivity index (χ3n) is 3.63. The van der Waals surface area contributed by atoms with Crippen molar-refractivity contribution >= 4 is 11.8 Å². The lowest BCUT2D eigenvalue weighted by atomic mass is 10.1. The van der Waals surface area contributed by atoms with Gasteiger partial charge in [-0.1, -0.05) is 0 Å². The van der Waals surface area contributed by atoms with Gasteiger partial charge in [0.15, 0.2) is 0 Å². The summed E-state index contributed by atoms with van der Waals surface area (Å²) in [5.41, 5.74) is 2.90. The van der Waals surface area contributed by atoms with Gasteiger partial charge in [0.2, 0.25) is 11.8 Å². The molecule has 1 atom stereocenters. The largest absolute Gasteiger partial charge is 0.354 e. The standard InChI is InChI=1S/C13H20N4O2/c1-8-11(9(2)17(3)16-8)6-13(19)15-10-4-5-12(18)14-7-10/h10H,4-7H2,1-3H3,(H,14,18)(H,15,19). The number of nitrogens with zero attached hydrogens (tertiary/aromatic N) is 2. The molecule has 1 saturated heterocycles. The van der Waals surface area contributed by atoms with Crippen LogP contribution in [0.3, 0.4) is 0 Å². The van der Waals surface area contributed by atoms with Crippen LogP contribution < -0.4 is 10.6 Å². The molecule has 2 heterocycles. The van der Waals surface area contributed by atoms with E-state index in [0.717, 1.165) is 17.0 Å². The van der Waals surface area contributed by atoms with Crippen LogP contribution in [0.1, 0.15) is 29.8 Å². The van der Waals surface area contributed by atoms with Crippen LogP contribution in [0.15, 0.2) is 0 Å². The van der Waals surface area contributed by atoms with Crippen LogP contribution in [0.2, 0.25) is 0 Å². The van der Waals surface area contributed by atoms with Gasteiger partial charge >= 0.3 is 0 Å². The number of nitrogens with one attached hydrogen (secondary N) is 2. The molecule has 1 aromatic heterocycles. The first-order valence-electron chi connectivity index (χ1n) is 6.52. The Bertz CT molecular complexity index is 497. The van der Waals surface area contributed by atoms with Crippen LogP contribution in [0.4, 0.5) is 0 Å². The highest BCUT2D eigenvalue weighted by molar-refractivity contribution is 5.80. The van der Waals surface area contributed by atoms with E-state index in [0.29, 0.717) is 25.8 Å². The quantitative estimate of drug-likeness (QED) is 0.805. The van der Waals surface area contributed by atoms with Crippen LogP contribution in [0, 0.1) is 13.8 Å². The third kappa shape index (κ3) is 3.13. The number of hydrogen-bond acceptors (Lipinski definition) is 3. The van der Waals surface area contributed by atoms with Gasteiger partial charge in [-0.3, -0.25) is 14.3 Å². The van der Waals surface area contributed by atoms with E-state index in [9.17, 15) is 9.59 Å². The summed E-state index contributed by atoms with van der Waals surface area (Å²) < 4.78 is 1.79. The summed E-state index contributed by atoms with van der Waals surface area (Å²) in [5.74, 6) is 0.0461. The summed E-state index contributed by atoms with van der Waals surface area (Å²) in [6.45, 7) is 4.40. The van der Waals surface area contributed by atoms with E-state index in [2.05, 4.69) is 15.7 Å². The predicted molar refractivity (Wildman–Crippen MR) is 70.6 cm³/mol. The van der Waals surface area contributed by atoms with Crippen LogP contribution in [-0.2, 0) is 23.1 Å². The van der Waals surface area contributed by atoms with E-state index in [1.165, 1.54) is 0 Å². The lowest BCUT2D eigenvalue weighted by molar-refractivity contribution is -0.125. The second-order valence-corrected chi connectivity index (χ2v) is 5.06. The van der Waals surface area contributed by atoms with Crippen molar-refractivity contribution < 1.29 is 9.59 Å². The average Bonchev–Trinajstić information content (AvgIpc) is 2.59. The molecular formula is C13H20N4O2. The molecule has 0 aromatic carbocycles. The van der Waals surface area contributed by atoms with E-state index in [-0.39, 0.29) is 17.9 Å². The molecule has 2 N–H and O–H groups in total. The predicted octanol–water partition coefficient (Wildman–Crippen LogP) is -0.0258. The Hall–Kier alpha value is -1.85. The molecular weight excluding hydrogens is 244 g/mol. The van der Waals surface area contributed by atoms with E-state index in [1.807, 2.05) is 20.9 Å². The number of carbonyl (C=O) groups is 2. The highest BCUT2D eigenvalue weighted by Crippen LogP contribution is 2.13. The fourth-order valence-electron chi connectivity index (χ4n) is 2.37. The summed E-state index contributed by atoms with van der Waals surface area (Å²) in [6.07, 6.45) is 1.54. The third-order valence-corrected chi connectivity index (χ3v) is 3.63. The summed E-state index contributed by atoms with van der Waals surface area (Å²) >= 11 is 0. The summed E-state index contributed by atoms with van der Waals surface area (Å²) in [4.78, 5) is 23.1. The smallest absolute Gasteiger partial charge is 0.224 e. The van der Waals surface area contributed by atoms with Gasteiger partial charge in [-0.05, 0) is 20.3 Å². The SMILES string of the molecule is Cc1nn(C)c(C)c1CC(=O)NC1CCC(=O)NC1. The highest BCUT2D eigenvalue weighted by Gasteiger charge is 2.20. The van der Waals surface area contributed by atoms with Crippen molar-refractivity contribution in [2.75, 3.05) is 6.54 Å². The molecule has 1 unspecified atom stereocenters. The second-order valence-electron chi connectivity index (χ2n) is 5.06. The molecule has 1 aliphatic rings. The number of aromatic nitrogens is 2. The maximum atomic E-state index is 12.0. The molecule has 0 spiro atoms. The van der Waals surface area contributed by atoms with Crippen molar-refractivity contribution in [1.29, 1.82) is 0 Å². The van der Waals surface area contributed by atoms with Crippen molar-refractivity contribution in [3.63, 3.8) is 0 Å². The fourth-order valence-corrected chi connectivity index (χ4v) is 2.37. The molecule has 6 heteroatoms. The van der Waals surface area contributed by atoms with Crippen LogP contribution in [-0.4, -0.2) is 34.2 Å². The van der Waals surface area contributed by atoms with E-state index in [1.54, 1.807) is 4.68 Å². The van der Waals surface area contributed by atoms with Gasteiger partial charge in [-0.15, -0.1) is 0 Å². The molecule has 0 radical (unpaired) electrons. The molecule has 0 bridgehead atoms. The molecule has 1 aromatic rings. The maximum Gasteiger partial charge on any atom is 0.224 e. The highest BCUT2D eigenvalue weighted by atomic mass is 16.2. The minimum absolute atomic E-state index is 0.0136. The van der Waals surface area contributed by atoms with Crippen molar-refractivity contribution in [2.24, 2.45) is 7.05 Å². The van der Waals surface area contributed by atoms with Gasteiger partial charge in [0, 0.05) is 37.3 Å². The van der Waals surface area contributed by atoms with Gasteiger partial charge in [-0.2, -0.15) is 5.10 Å². The minimum Gasteiger partial charge on any atom is -0.354 e. The Balaban J connectivity index is 1.92. The Morgan fingerprint density at radius 2 is 2.26 bits per heavy atom. The van der Waals surface area contributed by atoms with Gasteiger partial charge in [-0.25, -0.2) is 0 Å². The molecule has 19 heavy (non-hydrogen) atoms. The zero-order valence-corrected chi connectivity index (χ0v) is 11.6. The molecule has 2 rings (SSSR count). The van der Waals surface area contributed by atoms with Crippen LogP contribution in [0.25, 0.3) is 0 Å².